The fourth-order valence-electron chi connectivity index (χ4n) is 5.19. The summed E-state index contributed by atoms with van der Waals surface area (Å²) in [6, 6.07) is 9.50. The van der Waals surface area contributed by atoms with Crippen molar-refractivity contribution in [2.24, 2.45) is 0 Å². The van der Waals surface area contributed by atoms with E-state index in [0.717, 1.165) is 29.9 Å². The Morgan fingerprint density at radius 3 is 1.62 bits per heavy atom. The molecule has 0 fully saturated rings. The summed E-state index contributed by atoms with van der Waals surface area (Å²) in [6.45, 7) is 2.78. The Bertz CT molecular complexity index is 1910. The van der Waals surface area contributed by atoms with Crippen LogP contribution in [0.5, 0.6) is 11.8 Å². The highest BCUT2D eigenvalue weighted by atomic mass is 35.5. The van der Waals surface area contributed by atoms with Crippen LogP contribution < -0.4 is 9.47 Å². The lowest BCUT2D eigenvalue weighted by molar-refractivity contribution is -0.177. The Balaban J connectivity index is 0.000000251. The third kappa shape index (κ3) is 10.2. The Hall–Kier alpha value is -4.21. The van der Waals surface area contributed by atoms with Gasteiger partial charge in [0.05, 0.1) is 7.11 Å². The molecule has 52 heavy (non-hydrogen) atoms. The molecule has 1 N–H and O–H groups in total. The molecule has 2 atom stereocenters. The SMILES string of the molecule is CCOC.CON(C)C(=O)C1CCc2c(-c3ccc(F)cc3F)cc(Cl)nc2O1.Cl.O=C(O)C1CCc2c(-c3ccc(F)cc3F)cc(Cl)nc2O1. The number of hydrogen-bond acceptors (Lipinski definition) is 8. The van der Waals surface area contributed by atoms with Crippen molar-refractivity contribution in [1.29, 1.82) is 0 Å². The Labute approximate surface area is 312 Å². The molecule has 0 aliphatic carbocycles. The minimum Gasteiger partial charge on any atom is -0.479 e. The molecule has 0 bridgehead atoms. The number of carbonyl (C=O) groups excluding carboxylic acids is 1. The van der Waals surface area contributed by atoms with E-state index in [-0.39, 0.29) is 57.9 Å². The van der Waals surface area contributed by atoms with Gasteiger partial charge in [-0.3, -0.25) is 9.63 Å². The van der Waals surface area contributed by atoms with E-state index < -0.39 is 41.4 Å². The van der Waals surface area contributed by atoms with Crippen molar-refractivity contribution in [3.05, 3.63) is 93.2 Å². The maximum Gasteiger partial charge on any atom is 0.344 e. The van der Waals surface area contributed by atoms with Gasteiger partial charge in [-0.05, 0) is 80.1 Å². The summed E-state index contributed by atoms with van der Waals surface area (Å²) in [5.41, 5.74) is 2.45. The third-order valence-electron chi connectivity index (χ3n) is 7.80. The minimum atomic E-state index is -1.10. The summed E-state index contributed by atoms with van der Waals surface area (Å²) in [5, 5.41) is 10.2. The maximum atomic E-state index is 14.2. The first-order valence-corrected chi connectivity index (χ1v) is 16.2. The monoisotopic (exact) mass is 789 g/mol. The lowest BCUT2D eigenvalue weighted by Gasteiger charge is -2.28. The Kier molecular flexibility index (Phi) is 15.4. The fraction of sp³-hybridized carbons (Fsp3) is 0.314. The van der Waals surface area contributed by atoms with Crippen LogP contribution >= 0.6 is 35.6 Å². The predicted molar refractivity (Wildman–Crippen MR) is 187 cm³/mol. The Morgan fingerprint density at radius 1 is 0.808 bits per heavy atom. The van der Waals surface area contributed by atoms with Gasteiger partial charge >= 0.3 is 5.97 Å². The number of ether oxygens (including phenoxy) is 3. The molecule has 2 aliphatic heterocycles. The number of halogens is 7. The zero-order chi connectivity index (χ0) is 37.4. The van der Waals surface area contributed by atoms with Gasteiger partial charge in [-0.2, -0.15) is 0 Å². The first-order chi connectivity index (χ1) is 24.3. The number of benzene rings is 2. The number of carbonyl (C=O) groups is 2. The number of rotatable bonds is 6. The van der Waals surface area contributed by atoms with Crippen molar-refractivity contribution in [1.82, 2.24) is 15.0 Å². The van der Waals surface area contributed by atoms with Crippen LogP contribution in [0.15, 0.2) is 48.5 Å². The standard InChI is InChI=1S/C17H15ClF2N2O3.C15H10ClF2NO3.C3H8O.ClH/c1-22(24-2)17(23)14-6-5-11-12(8-15(18)21-16(11)25-14)10-4-3-9(19)7-13(10)20;16-13-6-10(8-2-1-7(17)5-11(8)18)9-3-4-12(15(20)21)22-14(9)19-13;1-3-4-2;/h3-4,7-8,14H,5-6H2,1-2H3;1-2,5-6,12H,3-4H2,(H,20,21);3H2,1-2H3;1H. The molecule has 2 aliphatic rings. The second kappa shape index (κ2) is 19.0. The molecule has 4 heterocycles. The van der Waals surface area contributed by atoms with Crippen molar-refractivity contribution in [2.75, 3.05) is 27.9 Å². The van der Waals surface area contributed by atoms with Crippen molar-refractivity contribution in [2.45, 2.75) is 44.8 Å². The number of fused-ring (bicyclic) bond motifs is 2. The van der Waals surface area contributed by atoms with Gasteiger partial charge in [0.2, 0.25) is 11.8 Å². The topological polar surface area (TPSA) is 120 Å². The van der Waals surface area contributed by atoms with Crippen LogP contribution in [0.2, 0.25) is 10.3 Å². The zero-order valence-corrected chi connectivity index (χ0v) is 30.6. The summed E-state index contributed by atoms with van der Waals surface area (Å²) in [4.78, 5) is 36.1. The number of hydroxylamine groups is 2. The Morgan fingerprint density at radius 2 is 1.23 bits per heavy atom. The molecule has 4 aromatic rings. The molecule has 1 amide bonds. The van der Waals surface area contributed by atoms with Gasteiger partial charge in [-0.15, -0.1) is 12.4 Å². The zero-order valence-electron chi connectivity index (χ0n) is 28.2. The van der Waals surface area contributed by atoms with Crippen molar-refractivity contribution >= 4 is 47.5 Å². The van der Waals surface area contributed by atoms with Crippen molar-refractivity contribution in [3.63, 3.8) is 0 Å². The first kappa shape index (κ1) is 42.2. The van der Waals surface area contributed by atoms with Crippen LogP contribution in [0.4, 0.5) is 17.6 Å². The summed E-state index contributed by atoms with van der Waals surface area (Å²) in [5.74, 6) is -4.00. The molecular formula is C35H34Cl3F4N3O7. The normalized spacial score (nSPS) is 15.4. The number of methoxy groups -OCH3 is 1. The van der Waals surface area contributed by atoms with E-state index in [1.807, 2.05) is 6.92 Å². The second-order valence-electron chi connectivity index (χ2n) is 11.0. The number of carboxylic acids is 1. The maximum absolute atomic E-state index is 14.2. The lowest BCUT2D eigenvalue weighted by atomic mass is 9.94. The van der Waals surface area contributed by atoms with Crippen molar-refractivity contribution in [3.8, 4) is 34.0 Å². The molecule has 0 saturated carbocycles. The van der Waals surface area contributed by atoms with Crippen molar-refractivity contribution < 1.29 is 51.3 Å². The number of nitrogens with zero attached hydrogens (tertiary/aromatic N) is 3. The van der Waals surface area contributed by atoms with E-state index >= 15 is 0 Å². The van der Waals surface area contributed by atoms with Crippen LogP contribution in [-0.4, -0.2) is 72.1 Å². The molecular weight excluding hydrogens is 757 g/mol. The van der Waals surface area contributed by atoms with Crippen LogP contribution in [0.3, 0.4) is 0 Å². The average Bonchev–Trinajstić information content (AvgIpc) is 3.10. The lowest BCUT2D eigenvalue weighted by Crippen LogP contribution is -2.41. The van der Waals surface area contributed by atoms with E-state index in [2.05, 4.69) is 14.7 Å². The van der Waals surface area contributed by atoms with E-state index in [9.17, 15) is 27.2 Å². The molecule has 10 nitrogen and oxygen atoms in total. The number of pyridine rings is 2. The summed E-state index contributed by atoms with van der Waals surface area (Å²) in [7, 11) is 4.53. The number of aliphatic carboxylic acids is 1. The van der Waals surface area contributed by atoms with Gasteiger partial charge in [0.25, 0.3) is 5.91 Å². The quantitative estimate of drug-likeness (QED) is 0.118. The molecule has 0 saturated heterocycles. The van der Waals surface area contributed by atoms with Gasteiger partial charge in [-0.25, -0.2) is 37.4 Å². The molecule has 280 valence electrons. The minimum absolute atomic E-state index is 0. The van der Waals surface area contributed by atoms with Crippen LogP contribution in [-0.2, 0) is 32.0 Å². The molecule has 2 aromatic carbocycles. The van der Waals surface area contributed by atoms with E-state index in [1.54, 1.807) is 7.11 Å². The highest BCUT2D eigenvalue weighted by molar-refractivity contribution is 6.30. The van der Waals surface area contributed by atoms with Crippen LogP contribution in [0, 0.1) is 23.3 Å². The van der Waals surface area contributed by atoms with E-state index in [0.29, 0.717) is 41.5 Å². The number of carboxylic acid groups (broad SMARTS) is 1. The second-order valence-corrected chi connectivity index (χ2v) is 11.8. The first-order valence-electron chi connectivity index (χ1n) is 15.4. The molecule has 0 radical (unpaired) electrons. The number of hydrogen-bond donors (Lipinski definition) is 1. The molecule has 2 aromatic heterocycles. The third-order valence-corrected chi connectivity index (χ3v) is 8.18. The van der Waals surface area contributed by atoms with Gasteiger partial charge < -0.3 is 19.3 Å². The van der Waals surface area contributed by atoms with Crippen LogP contribution in [0.1, 0.15) is 30.9 Å². The van der Waals surface area contributed by atoms with Gasteiger partial charge in [0.15, 0.2) is 12.2 Å². The smallest absolute Gasteiger partial charge is 0.344 e. The summed E-state index contributed by atoms with van der Waals surface area (Å²) < 4.78 is 69.9. The van der Waals surface area contributed by atoms with Crippen LogP contribution in [0.25, 0.3) is 22.3 Å². The molecule has 6 rings (SSSR count). The fourth-order valence-corrected chi connectivity index (χ4v) is 5.56. The molecule has 17 heteroatoms. The largest absolute Gasteiger partial charge is 0.479 e. The van der Waals surface area contributed by atoms with E-state index in [4.69, 9.17) is 42.6 Å². The highest BCUT2D eigenvalue weighted by Gasteiger charge is 2.32. The average molecular weight is 791 g/mol. The predicted octanol–water partition coefficient (Wildman–Crippen LogP) is 7.93. The van der Waals surface area contributed by atoms with Gasteiger partial charge in [-0.1, -0.05) is 23.2 Å². The summed E-state index contributed by atoms with van der Waals surface area (Å²) in [6.07, 6.45) is -0.388. The number of amides is 1. The number of aromatic nitrogens is 2. The molecule has 0 spiro atoms. The van der Waals surface area contributed by atoms with Gasteiger partial charge in [0.1, 0.15) is 33.6 Å². The van der Waals surface area contributed by atoms with E-state index in [1.165, 1.54) is 44.5 Å². The number of likely N-dealkylation sites (N-methyl/N-ethyl adjacent to an activating group) is 1. The van der Waals surface area contributed by atoms with Gasteiger partial charge in [0, 0.05) is 55.2 Å². The highest BCUT2D eigenvalue weighted by Crippen LogP contribution is 2.39. The summed E-state index contributed by atoms with van der Waals surface area (Å²) >= 11 is 11.9. The molecule has 2 unspecified atom stereocenters.